The SMILES string of the molecule is O=C(NCC(O)C1CCO1)C(F)(F)F. The first kappa shape index (κ1) is 11.3. The van der Waals surface area contributed by atoms with Crippen molar-refractivity contribution in [1.29, 1.82) is 0 Å². The molecule has 0 saturated carbocycles. The van der Waals surface area contributed by atoms with Crippen molar-refractivity contribution in [2.45, 2.75) is 24.8 Å². The van der Waals surface area contributed by atoms with Gasteiger partial charge in [-0.2, -0.15) is 13.2 Å². The van der Waals surface area contributed by atoms with Crippen LogP contribution < -0.4 is 5.32 Å². The Kier molecular flexibility index (Phi) is 3.33. The molecule has 0 radical (unpaired) electrons. The highest BCUT2D eigenvalue weighted by atomic mass is 19.4. The summed E-state index contributed by atoms with van der Waals surface area (Å²) in [5.41, 5.74) is 0. The number of nitrogens with one attached hydrogen (secondary N) is 1. The Bertz CT molecular complexity index is 215. The minimum Gasteiger partial charge on any atom is -0.389 e. The first-order valence-electron chi connectivity index (χ1n) is 4.06. The Morgan fingerprint density at radius 2 is 2.21 bits per heavy atom. The first-order chi connectivity index (χ1) is 6.41. The summed E-state index contributed by atoms with van der Waals surface area (Å²) in [6.07, 6.45) is -5.83. The van der Waals surface area contributed by atoms with Crippen LogP contribution in [0.15, 0.2) is 0 Å². The number of amides is 1. The number of ether oxygens (including phenoxy) is 1. The van der Waals surface area contributed by atoms with Crippen molar-refractivity contribution in [3.8, 4) is 0 Å². The van der Waals surface area contributed by atoms with Crippen LogP contribution in [0.3, 0.4) is 0 Å². The number of carbonyl (C=O) groups is 1. The molecular weight excluding hydrogens is 203 g/mol. The van der Waals surface area contributed by atoms with Gasteiger partial charge in [0.2, 0.25) is 0 Å². The molecule has 1 aliphatic heterocycles. The standard InChI is InChI=1S/C7H10F3NO3/c8-7(9,10)6(13)11-3-4(12)5-1-2-14-5/h4-5,12H,1-3H2,(H,11,13). The van der Waals surface area contributed by atoms with E-state index in [1.165, 1.54) is 0 Å². The molecule has 2 atom stereocenters. The summed E-state index contributed by atoms with van der Waals surface area (Å²) in [6.45, 7) is 0.0535. The summed E-state index contributed by atoms with van der Waals surface area (Å²) in [7, 11) is 0. The number of hydrogen-bond acceptors (Lipinski definition) is 3. The number of rotatable bonds is 3. The maximum atomic E-state index is 11.7. The molecule has 2 unspecified atom stereocenters. The van der Waals surface area contributed by atoms with Gasteiger partial charge in [0.15, 0.2) is 0 Å². The van der Waals surface area contributed by atoms with Crippen molar-refractivity contribution in [2.24, 2.45) is 0 Å². The minimum atomic E-state index is -4.90. The molecule has 7 heteroatoms. The minimum absolute atomic E-state index is 0.441. The van der Waals surface area contributed by atoms with E-state index in [0.717, 1.165) is 0 Å². The second-order valence-corrected chi connectivity index (χ2v) is 2.97. The molecule has 0 aromatic carbocycles. The van der Waals surface area contributed by atoms with Crippen molar-refractivity contribution >= 4 is 5.91 Å². The molecule has 1 rings (SSSR count). The summed E-state index contributed by atoms with van der Waals surface area (Å²) >= 11 is 0. The first-order valence-corrected chi connectivity index (χ1v) is 4.06. The number of aliphatic hydroxyl groups excluding tert-OH is 1. The van der Waals surface area contributed by atoms with Crippen molar-refractivity contribution < 1.29 is 27.8 Å². The zero-order valence-corrected chi connectivity index (χ0v) is 7.17. The second-order valence-electron chi connectivity index (χ2n) is 2.97. The Hall–Kier alpha value is -0.820. The third kappa shape index (κ3) is 2.85. The molecule has 0 aromatic heterocycles. The predicted molar refractivity (Wildman–Crippen MR) is 39.4 cm³/mol. The maximum absolute atomic E-state index is 11.7. The third-order valence-corrected chi connectivity index (χ3v) is 1.89. The Labute approximate surface area is 78.0 Å². The van der Waals surface area contributed by atoms with Crippen LogP contribution in [-0.4, -0.2) is 42.5 Å². The molecule has 0 spiro atoms. The van der Waals surface area contributed by atoms with E-state index >= 15 is 0 Å². The molecule has 1 fully saturated rings. The molecule has 1 saturated heterocycles. The largest absolute Gasteiger partial charge is 0.471 e. The lowest BCUT2D eigenvalue weighted by Gasteiger charge is -2.30. The van der Waals surface area contributed by atoms with Gasteiger partial charge in [-0.15, -0.1) is 0 Å². The fourth-order valence-corrected chi connectivity index (χ4v) is 0.986. The zero-order valence-electron chi connectivity index (χ0n) is 7.17. The molecule has 1 amide bonds. The lowest BCUT2D eigenvalue weighted by molar-refractivity contribution is -0.175. The summed E-state index contributed by atoms with van der Waals surface area (Å²) in [5, 5.41) is 10.8. The van der Waals surface area contributed by atoms with Crippen LogP contribution in [0.1, 0.15) is 6.42 Å². The van der Waals surface area contributed by atoms with Crippen molar-refractivity contribution in [3.05, 3.63) is 0 Å². The lowest BCUT2D eigenvalue weighted by Crippen LogP contribution is -2.47. The third-order valence-electron chi connectivity index (χ3n) is 1.89. The van der Waals surface area contributed by atoms with Crippen molar-refractivity contribution in [3.63, 3.8) is 0 Å². The van der Waals surface area contributed by atoms with Crippen LogP contribution in [0.5, 0.6) is 0 Å². The fraction of sp³-hybridized carbons (Fsp3) is 0.857. The Morgan fingerprint density at radius 3 is 2.57 bits per heavy atom. The van der Waals surface area contributed by atoms with Crippen LogP contribution in [0.2, 0.25) is 0 Å². The average Bonchev–Trinajstić information content (AvgIpc) is 1.94. The van der Waals surface area contributed by atoms with E-state index in [4.69, 9.17) is 4.74 Å². The number of aliphatic hydroxyl groups is 1. The summed E-state index contributed by atoms with van der Waals surface area (Å²) < 4.78 is 39.8. The summed E-state index contributed by atoms with van der Waals surface area (Å²) in [4.78, 5) is 10.3. The number of halogens is 3. The number of alkyl halides is 3. The highest BCUT2D eigenvalue weighted by Gasteiger charge is 2.39. The van der Waals surface area contributed by atoms with E-state index in [-0.39, 0.29) is 0 Å². The van der Waals surface area contributed by atoms with E-state index in [2.05, 4.69) is 0 Å². The summed E-state index contributed by atoms with van der Waals surface area (Å²) in [6, 6.07) is 0. The molecule has 0 aliphatic carbocycles. The van der Waals surface area contributed by atoms with Crippen LogP contribution >= 0.6 is 0 Å². The van der Waals surface area contributed by atoms with Gasteiger partial charge in [-0.3, -0.25) is 4.79 Å². The molecule has 14 heavy (non-hydrogen) atoms. The van der Waals surface area contributed by atoms with E-state index in [9.17, 15) is 23.1 Å². The van der Waals surface area contributed by atoms with Gasteiger partial charge >= 0.3 is 12.1 Å². The van der Waals surface area contributed by atoms with Gasteiger partial charge in [-0.05, 0) is 6.42 Å². The van der Waals surface area contributed by atoms with Gasteiger partial charge in [0.05, 0.1) is 12.2 Å². The quantitative estimate of drug-likeness (QED) is 0.683. The lowest BCUT2D eigenvalue weighted by atomic mass is 10.1. The molecule has 0 bridgehead atoms. The van der Waals surface area contributed by atoms with E-state index in [1.54, 1.807) is 5.32 Å². The number of hydrogen-bond donors (Lipinski definition) is 2. The average molecular weight is 213 g/mol. The van der Waals surface area contributed by atoms with Gasteiger partial charge < -0.3 is 15.2 Å². The monoisotopic (exact) mass is 213 g/mol. The number of carbonyl (C=O) groups excluding carboxylic acids is 1. The zero-order chi connectivity index (χ0) is 10.8. The van der Waals surface area contributed by atoms with Crippen LogP contribution in [-0.2, 0) is 9.53 Å². The van der Waals surface area contributed by atoms with Crippen molar-refractivity contribution in [2.75, 3.05) is 13.2 Å². The molecule has 1 aliphatic rings. The van der Waals surface area contributed by atoms with Crippen LogP contribution in [0, 0.1) is 0 Å². The molecule has 2 N–H and O–H groups in total. The van der Waals surface area contributed by atoms with Gasteiger partial charge in [0.1, 0.15) is 0 Å². The van der Waals surface area contributed by atoms with Gasteiger partial charge in [-0.25, -0.2) is 0 Å². The van der Waals surface area contributed by atoms with E-state index < -0.39 is 30.8 Å². The van der Waals surface area contributed by atoms with E-state index in [0.29, 0.717) is 13.0 Å². The van der Waals surface area contributed by atoms with Crippen molar-refractivity contribution in [1.82, 2.24) is 5.32 Å². The highest BCUT2D eigenvalue weighted by molar-refractivity contribution is 5.81. The molecule has 0 aromatic rings. The second kappa shape index (κ2) is 4.14. The van der Waals surface area contributed by atoms with Gasteiger partial charge in [0, 0.05) is 13.2 Å². The van der Waals surface area contributed by atoms with Gasteiger partial charge in [-0.1, -0.05) is 0 Å². The Balaban J connectivity index is 2.22. The highest BCUT2D eigenvalue weighted by Crippen LogP contribution is 2.16. The molecule has 4 nitrogen and oxygen atoms in total. The maximum Gasteiger partial charge on any atom is 0.471 e. The predicted octanol–water partition coefficient (Wildman–Crippen LogP) is -0.185. The normalized spacial score (nSPS) is 23.9. The Morgan fingerprint density at radius 1 is 1.64 bits per heavy atom. The van der Waals surface area contributed by atoms with Crippen LogP contribution in [0.4, 0.5) is 13.2 Å². The fourth-order valence-electron chi connectivity index (χ4n) is 0.986. The van der Waals surface area contributed by atoms with Crippen LogP contribution in [0.25, 0.3) is 0 Å². The smallest absolute Gasteiger partial charge is 0.389 e. The topological polar surface area (TPSA) is 58.6 Å². The molecule has 82 valence electrons. The molecular formula is C7H10F3NO3. The van der Waals surface area contributed by atoms with E-state index in [1.807, 2.05) is 0 Å². The van der Waals surface area contributed by atoms with Gasteiger partial charge in [0.25, 0.3) is 0 Å². The summed E-state index contributed by atoms with van der Waals surface area (Å²) in [5.74, 6) is -2.05. The molecule has 1 heterocycles.